The third-order valence-corrected chi connectivity index (χ3v) is 3.96. The largest absolute Gasteiger partial charge is 0.482 e. The van der Waals surface area contributed by atoms with Gasteiger partial charge in [-0.3, -0.25) is 14.4 Å². The van der Waals surface area contributed by atoms with Crippen LogP contribution in [0.4, 0.5) is 5.69 Å². The first-order valence-electron chi connectivity index (χ1n) is 7.93. The molecule has 8 nitrogen and oxygen atoms in total. The van der Waals surface area contributed by atoms with E-state index in [2.05, 4.69) is 20.6 Å². The highest BCUT2D eigenvalue weighted by Crippen LogP contribution is 2.28. The fourth-order valence-corrected chi connectivity index (χ4v) is 2.70. The Kier molecular flexibility index (Phi) is 3.85. The molecule has 2 amide bonds. The van der Waals surface area contributed by atoms with E-state index in [9.17, 15) is 14.4 Å². The third kappa shape index (κ3) is 3.00. The van der Waals surface area contributed by atoms with Gasteiger partial charge in [0.05, 0.1) is 16.6 Å². The number of ether oxygens (including phenoxy) is 1. The molecule has 0 saturated heterocycles. The summed E-state index contributed by atoms with van der Waals surface area (Å²) in [5.41, 5.74) is 1.42. The van der Waals surface area contributed by atoms with E-state index in [1.54, 1.807) is 42.5 Å². The van der Waals surface area contributed by atoms with Gasteiger partial charge in [0.25, 0.3) is 17.4 Å². The van der Waals surface area contributed by atoms with Crippen LogP contribution in [0.2, 0.25) is 0 Å². The number of aromatic nitrogens is 2. The number of fused-ring (bicyclic) bond motifs is 2. The molecular weight excluding hydrogens is 336 g/mol. The number of amides is 2. The van der Waals surface area contributed by atoms with E-state index in [0.29, 0.717) is 22.3 Å². The molecule has 2 aromatic carbocycles. The van der Waals surface area contributed by atoms with Crippen LogP contribution in [0.3, 0.4) is 0 Å². The molecule has 1 aromatic heterocycles. The van der Waals surface area contributed by atoms with Crippen LogP contribution in [0.1, 0.15) is 16.2 Å². The summed E-state index contributed by atoms with van der Waals surface area (Å²) in [6.45, 7) is 0.197. The predicted octanol–water partition coefficient (Wildman–Crippen LogP) is 1.18. The number of nitrogens with zero attached hydrogens (tertiary/aromatic N) is 1. The molecule has 3 N–H and O–H groups in total. The highest BCUT2D eigenvalue weighted by Gasteiger charge is 2.16. The molecule has 0 spiro atoms. The standard InChI is InChI=1S/C18H14N4O4/c23-15-9-26-14-6-5-10(7-13(14)20-15)8-19-18(25)16-21-12-4-2-1-3-11(12)17(24)22-16/h1-7H,8-9H2,(H,19,25)(H,20,23)(H,21,22,24). The lowest BCUT2D eigenvalue weighted by atomic mass is 10.1. The van der Waals surface area contributed by atoms with Gasteiger partial charge in [0.1, 0.15) is 5.75 Å². The number of H-pyrrole nitrogens is 1. The summed E-state index contributed by atoms with van der Waals surface area (Å²) in [6, 6.07) is 12.0. The topological polar surface area (TPSA) is 113 Å². The molecule has 0 fully saturated rings. The van der Waals surface area contributed by atoms with Crippen LogP contribution < -0.4 is 20.9 Å². The first-order chi connectivity index (χ1) is 12.6. The maximum absolute atomic E-state index is 12.3. The van der Waals surface area contributed by atoms with Crippen molar-refractivity contribution in [3.8, 4) is 5.75 Å². The number of rotatable bonds is 3. The van der Waals surface area contributed by atoms with E-state index in [4.69, 9.17) is 4.74 Å². The summed E-state index contributed by atoms with van der Waals surface area (Å²) >= 11 is 0. The Morgan fingerprint density at radius 2 is 2.04 bits per heavy atom. The Balaban J connectivity index is 1.52. The van der Waals surface area contributed by atoms with Crippen molar-refractivity contribution in [3.05, 3.63) is 64.2 Å². The van der Waals surface area contributed by atoms with Gasteiger partial charge in [0.15, 0.2) is 12.4 Å². The summed E-state index contributed by atoms with van der Waals surface area (Å²) in [5.74, 6) is -0.189. The highest BCUT2D eigenvalue weighted by molar-refractivity contribution is 5.95. The quantitative estimate of drug-likeness (QED) is 0.656. The lowest BCUT2D eigenvalue weighted by Crippen LogP contribution is -2.28. The van der Waals surface area contributed by atoms with E-state index in [-0.39, 0.29) is 30.4 Å². The highest BCUT2D eigenvalue weighted by atomic mass is 16.5. The van der Waals surface area contributed by atoms with Gasteiger partial charge in [-0.2, -0.15) is 0 Å². The number of hydrogen-bond donors (Lipinski definition) is 3. The minimum absolute atomic E-state index is 0.00984. The molecule has 2 heterocycles. The first kappa shape index (κ1) is 15.8. The van der Waals surface area contributed by atoms with Crippen molar-refractivity contribution in [2.24, 2.45) is 0 Å². The summed E-state index contributed by atoms with van der Waals surface area (Å²) in [7, 11) is 0. The van der Waals surface area contributed by atoms with Crippen LogP contribution in [0.15, 0.2) is 47.3 Å². The smallest absolute Gasteiger partial charge is 0.287 e. The Morgan fingerprint density at radius 3 is 2.92 bits per heavy atom. The van der Waals surface area contributed by atoms with Gasteiger partial charge < -0.3 is 20.4 Å². The number of nitrogens with one attached hydrogen (secondary N) is 3. The summed E-state index contributed by atoms with van der Waals surface area (Å²) in [5, 5.41) is 5.84. The van der Waals surface area contributed by atoms with Crippen LogP contribution in [0.25, 0.3) is 10.9 Å². The number of para-hydroxylation sites is 1. The first-order valence-corrected chi connectivity index (χ1v) is 7.93. The lowest BCUT2D eigenvalue weighted by Gasteiger charge is -2.18. The second-order valence-corrected chi connectivity index (χ2v) is 5.78. The van der Waals surface area contributed by atoms with Crippen molar-refractivity contribution in [2.75, 3.05) is 11.9 Å². The molecule has 0 unspecified atom stereocenters. The molecule has 0 atom stereocenters. The Hall–Kier alpha value is -3.68. The summed E-state index contributed by atoms with van der Waals surface area (Å²) in [6.07, 6.45) is 0. The molecular formula is C18H14N4O4. The monoisotopic (exact) mass is 350 g/mol. The molecule has 0 bridgehead atoms. The van der Waals surface area contributed by atoms with Gasteiger partial charge in [0, 0.05) is 6.54 Å². The number of benzene rings is 2. The molecule has 8 heteroatoms. The molecule has 0 saturated carbocycles. The van der Waals surface area contributed by atoms with Crippen molar-refractivity contribution < 1.29 is 14.3 Å². The van der Waals surface area contributed by atoms with Crippen LogP contribution >= 0.6 is 0 Å². The van der Waals surface area contributed by atoms with Crippen molar-refractivity contribution in [3.63, 3.8) is 0 Å². The van der Waals surface area contributed by atoms with Gasteiger partial charge in [-0.05, 0) is 29.8 Å². The third-order valence-electron chi connectivity index (χ3n) is 3.96. The van der Waals surface area contributed by atoms with E-state index < -0.39 is 5.91 Å². The maximum atomic E-state index is 12.3. The molecule has 4 rings (SSSR count). The van der Waals surface area contributed by atoms with Crippen LogP contribution in [-0.2, 0) is 11.3 Å². The number of anilines is 1. The molecule has 0 radical (unpaired) electrons. The van der Waals surface area contributed by atoms with E-state index in [1.165, 1.54) is 0 Å². The van der Waals surface area contributed by atoms with Crippen LogP contribution in [0, 0.1) is 0 Å². The Labute approximate surface area is 147 Å². The fourth-order valence-electron chi connectivity index (χ4n) is 2.70. The zero-order valence-corrected chi connectivity index (χ0v) is 13.5. The van der Waals surface area contributed by atoms with E-state index in [1.807, 2.05) is 0 Å². The van der Waals surface area contributed by atoms with E-state index >= 15 is 0 Å². The van der Waals surface area contributed by atoms with Crippen LogP contribution in [0.5, 0.6) is 5.75 Å². The second kappa shape index (κ2) is 6.32. The zero-order valence-electron chi connectivity index (χ0n) is 13.5. The molecule has 3 aromatic rings. The van der Waals surface area contributed by atoms with Crippen molar-refractivity contribution in [1.82, 2.24) is 15.3 Å². The average Bonchev–Trinajstić information content (AvgIpc) is 2.65. The summed E-state index contributed by atoms with van der Waals surface area (Å²) in [4.78, 5) is 42.4. The predicted molar refractivity (Wildman–Crippen MR) is 94.1 cm³/mol. The number of aromatic amines is 1. The zero-order chi connectivity index (χ0) is 18.1. The Bertz CT molecular complexity index is 1090. The fraction of sp³-hybridized carbons (Fsp3) is 0.111. The molecule has 1 aliphatic heterocycles. The van der Waals surface area contributed by atoms with Crippen molar-refractivity contribution >= 4 is 28.4 Å². The average molecular weight is 350 g/mol. The van der Waals surface area contributed by atoms with Crippen molar-refractivity contribution in [1.29, 1.82) is 0 Å². The van der Waals surface area contributed by atoms with Gasteiger partial charge >= 0.3 is 0 Å². The maximum Gasteiger partial charge on any atom is 0.287 e. The van der Waals surface area contributed by atoms with Gasteiger partial charge in [-0.25, -0.2) is 4.98 Å². The Morgan fingerprint density at radius 1 is 1.19 bits per heavy atom. The van der Waals surface area contributed by atoms with E-state index in [0.717, 1.165) is 5.56 Å². The van der Waals surface area contributed by atoms with Crippen molar-refractivity contribution in [2.45, 2.75) is 6.54 Å². The number of carbonyl (C=O) groups excluding carboxylic acids is 2. The van der Waals surface area contributed by atoms with Gasteiger partial charge in [-0.1, -0.05) is 18.2 Å². The molecule has 130 valence electrons. The molecule has 0 aliphatic carbocycles. The normalized spacial score (nSPS) is 12.8. The van der Waals surface area contributed by atoms with Crippen LogP contribution in [-0.4, -0.2) is 28.4 Å². The lowest BCUT2D eigenvalue weighted by molar-refractivity contribution is -0.118. The number of hydrogen-bond acceptors (Lipinski definition) is 5. The minimum Gasteiger partial charge on any atom is -0.482 e. The molecule has 26 heavy (non-hydrogen) atoms. The summed E-state index contributed by atoms with van der Waals surface area (Å²) < 4.78 is 5.29. The second-order valence-electron chi connectivity index (χ2n) is 5.78. The SMILES string of the molecule is O=C1COc2ccc(CNC(=O)c3nc4ccccc4c(=O)[nH]3)cc2N1. The van der Waals surface area contributed by atoms with Gasteiger partial charge in [0.2, 0.25) is 0 Å². The minimum atomic E-state index is -0.495. The van der Waals surface area contributed by atoms with Gasteiger partial charge in [-0.15, -0.1) is 0 Å². The number of carbonyl (C=O) groups is 2. The molecule has 1 aliphatic rings.